The van der Waals surface area contributed by atoms with Gasteiger partial charge in [-0.1, -0.05) is 67.3 Å². The van der Waals surface area contributed by atoms with Crippen LogP contribution in [0.5, 0.6) is 0 Å². The molecular weight excluding hydrogens is 372 g/mol. The van der Waals surface area contributed by atoms with E-state index in [9.17, 15) is 14.7 Å². The Bertz CT molecular complexity index is 929. The summed E-state index contributed by atoms with van der Waals surface area (Å²) in [6, 6.07) is 13.7. The maximum Gasteiger partial charge on any atom is 0.330 e. The zero-order chi connectivity index (χ0) is 20.9. The third kappa shape index (κ3) is 4.09. The molecule has 0 spiro atoms. The van der Waals surface area contributed by atoms with Gasteiger partial charge in [-0.3, -0.25) is 9.59 Å². The molecule has 1 N–H and O–H groups in total. The number of aliphatic hydroxyl groups is 1. The predicted molar refractivity (Wildman–Crippen MR) is 108 cm³/mol. The number of esters is 2. The monoisotopic (exact) mass is 396 g/mol. The van der Waals surface area contributed by atoms with Crippen molar-refractivity contribution in [3.63, 3.8) is 0 Å². The molecule has 0 aliphatic heterocycles. The minimum absolute atomic E-state index is 0.0516. The van der Waals surface area contributed by atoms with Gasteiger partial charge in [-0.05, 0) is 16.3 Å². The van der Waals surface area contributed by atoms with Crippen LogP contribution in [-0.4, -0.2) is 43.0 Å². The Hall–Kier alpha value is -2.96. The molecule has 3 atom stereocenters. The Kier molecular flexibility index (Phi) is 6.46. The molecule has 0 bridgehead atoms. The Morgan fingerprint density at radius 3 is 2.72 bits per heavy atom. The van der Waals surface area contributed by atoms with Gasteiger partial charge in [0.25, 0.3) is 0 Å². The quantitative estimate of drug-likeness (QED) is 0.440. The van der Waals surface area contributed by atoms with Crippen LogP contribution in [0.4, 0.5) is 0 Å². The van der Waals surface area contributed by atoms with E-state index in [1.54, 1.807) is 0 Å². The van der Waals surface area contributed by atoms with Crippen LogP contribution in [0.15, 0.2) is 67.3 Å². The number of carbonyl (C=O) groups excluding carboxylic acids is 2. The van der Waals surface area contributed by atoms with Gasteiger partial charge >= 0.3 is 11.9 Å². The lowest BCUT2D eigenvalue weighted by Gasteiger charge is -2.37. The van der Waals surface area contributed by atoms with Crippen molar-refractivity contribution < 1.29 is 28.9 Å². The van der Waals surface area contributed by atoms with E-state index in [0.717, 1.165) is 16.3 Å². The zero-order valence-electron chi connectivity index (χ0n) is 16.2. The summed E-state index contributed by atoms with van der Waals surface area (Å²) in [6.07, 6.45) is 2.38. The predicted octanol–water partition coefficient (Wildman–Crippen LogP) is 2.93. The zero-order valence-corrected chi connectivity index (χ0v) is 16.2. The molecule has 1 unspecified atom stereocenters. The lowest BCUT2D eigenvalue weighted by Crippen LogP contribution is -2.53. The molecule has 6 nitrogen and oxygen atoms in total. The van der Waals surface area contributed by atoms with Crippen LogP contribution in [-0.2, 0) is 30.4 Å². The number of fused-ring (bicyclic) bond motifs is 1. The van der Waals surface area contributed by atoms with Crippen molar-refractivity contribution >= 4 is 22.7 Å². The van der Waals surface area contributed by atoms with Gasteiger partial charge in [0.1, 0.15) is 6.61 Å². The maximum atomic E-state index is 12.8. The summed E-state index contributed by atoms with van der Waals surface area (Å²) in [7, 11) is 1.20. The number of benzene rings is 2. The fourth-order valence-corrected chi connectivity index (χ4v) is 3.57. The maximum absolute atomic E-state index is 12.8. The summed E-state index contributed by atoms with van der Waals surface area (Å²) in [4.78, 5) is 25.5. The Morgan fingerprint density at radius 1 is 1.21 bits per heavy atom. The Morgan fingerprint density at radius 2 is 1.97 bits per heavy atom. The van der Waals surface area contributed by atoms with Gasteiger partial charge in [0.15, 0.2) is 0 Å². The highest BCUT2D eigenvalue weighted by Gasteiger charge is 2.56. The van der Waals surface area contributed by atoms with Gasteiger partial charge in [-0.15, -0.1) is 0 Å². The second-order valence-electron chi connectivity index (χ2n) is 6.85. The molecule has 0 fully saturated rings. The highest BCUT2D eigenvalue weighted by molar-refractivity contribution is 6.03. The second kappa shape index (κ2) is 9.03. The molecule has 1 aliphatic carbocycles. The van der Waals surface area contributed by atoms with Crippen LogP contribution < -0.4 is 0 Å². The summed E-state index contributed by atoms with van der Waals surface area (Å²) < 4.78 is 16.1. The van der Waals surface area contributed by atoms with Crippen molar-refractivity contribution in [3.05, 3.63) is 72.8 Å². The number of ether oxygens (including phenoxy) is 3. The largest absolute Gasteiger partial charge is 0.468 e. The van der Waals surface area contributed by atoms with Gasteiger partial charge in [0.05, 0.1) is 25.9 Å². The van der Waals surface area contributed by atoms with E-state index < -0.39 is 29.6 Å². The molecule has 0 heterocycles. The minimum Gasteiger partial charge on any atom is -0.468 e. The fraction of sp³-hybridized carbons (Fsp3) is 0.304. The lowest BCUT2D eigenvalue weighted by molar-refractivity contribution is -0.180. The molecule has 2 aromatic carbocycles. The molecule has 0 radical (unpaired) electrons. The number of rotatable bonds is 7. The molecule has 0 saturated heterocycles. The van der Waals surface area contributed by atoms with E-state index in [-0.39, 0.29) is 19.6 Å². The average molecular weight is 396 g/mol. The van der Waals surface area contributed by atoms with Crippen molar-refractivity contribution in [3.8, 4) is 0 Å². The molecule has 29 heavy (non-hydrogen) atoms. The SMILES string of the molecule is C=CCOC(=O)C1(C(=O)OC)C=C[C@@H](O)C[C@@H]1OCc1cccc2ccccc12. The first-order valence-electron chi connectivity index (χ1n) is 9.35. The molecule has 0 aromatic heterocycles. The van der Waals surface area contributed by atoms with E-state index in [1.807, 2.05) is 42.5 Å². The highest BCUT2D eigenvalue weighted by Crippen LogP contribution is 2.37. The number of carbonyl (C=O) groups is 2. The summed E-state index contributed by atoms with van der Waals surface area (Å²) in [5.74, 6) is -1.59. The number of methoxy groups -OCH3 is 1. The number of aliphatic hydroxyl groups excluding tert-OH is 1. The van der Waals surface area contributed by atoms with Crippen molar-refractivity contribution in [1.82, 2.24) is 0 Å². The molecule has 152 valence electrons. The van der Waals surface area contributed by atoms with Gasteiger partial charge in [-0.2, -0.15) is 0 Å². The van der Waals surface area contributed by atoms with Crippen molar-refractivity contribution in [2.75, 3.05) is 13.7 Å². The van der Waals surface area contributed by atoms with Gasteiger partial charge in [0.2, 0.25) is 5.41 Å². The first kappa shape index (κ1) is 20.8. The number of hydrogen-bond donors (Lipinski definition) is 1. The van der Waals surface area contributed by atoms with Gasteiger partial charge in [0, 0.05) is 6.42 Å². The topological polar surface area (TPSA) is 82.1 Å². The molecular formula is C23H24O6. The second-order valence-corrected chi connectivity index (χ2v) is 6.85. The third-order valence-electron chi connectivity index (χ3n) is 5.06. The average Bonchev–Trinajstić information content (AvgIpc) is 2.75. The normalized spacial score (nSPS) is 23.5. The van der Waals surface area contributed by atoms with Crippen LogP contribution in [0.2, 0.25) is 0 Å². The van der Waals surface area contributed by atoms with Gasteiger partial charge < -0.3 is 19.3 Å². The van der Waals surface area contributed by atoms with Crippen molar-refractivity contribution in [1.29, 1.82) is 0 Å². The number of hydrogen-bond acceptors (Lipinski definition) is 6. The fourth-order valence-electron chi connectivity index (χ4n) is 3.57. The Balaban J connectivity index is 1.93. The molecule has 6 heteroatoms. The van der Waals surface area contributed by atoms with E-state index >= 15 is 0 Å². The van der Waals surface area contributed by atoms with Crippen molar-refractivity contribution in [2.24, 2.45) is 5.41 Å². The van der Waals surface area contributed by atoms with E-state index in [1.165, 1.54) is 25.3 Å². The van der Waals surface area contributed by atoms with E-state index in [0.29, 0.717) is 0 Å². The van der Waals surface area contributed by atoms with Crippen LogP contribution in [0, 0.1) is 5.41 Å². The minimum atomic E-state index is -1.79. The summed E-state index contributed by atoms with van der Waals surface area (Å²) >= 11 is 0. The summed E-state index contributed by atoms with van der Waals surface area (Å²) in [6.45, 7) is 3.62. The van der Waals surface area contributed by atoms with Crippen LogP contribution >= 0.6 is 0 Å². The lowest BCUT2D eigenvalue weighted by atomic mass is 9.75. The molecule has 0 amide bonds. The third-order valence-corrected chi connectivity index (χ3v) is 5.06. The molecule has 1 aliphatic rings. The molecule has 0 saturated carbocycles. The van der Waals surface area contributed by atoms with E-state index in [4.69, 9.17) is 14.2 Å². The van der Waals surface area contributed by atoms with Crippen LogP contribution in [0.25, 0.3) is 10.8 Å². The van der Waals surface area contributed by atoms with Crippen molar-refractivity contribution in [2.45, 2.75) is 25.2 Å². The smallest absolute Gasteiger partial charge is 0.330 e. The van der Waals surface area contributed by atoms with E-state index in [2.05, 4.69) is 6.58 Å². The molecule has 3 rings (SSSR count). The first-order chi connectivity index (χ1) is 14.0. The van der Waals surface area contributed by atoms with Gasteiger partial charge in [-0.25, -0.2) is 0 Å². The Labute approximate surface area is 169 Å². The molecule has 2 aromatic rings. The summed E-state index contributed by atoms with van der Waals surface area (Å²) in [5.41, 5.74) is -0.882. The highest BCUT2D eigenvalue weighted by atomic mass is 16.6. The first-order valence-corrected chi connectivity index (χ1v) is 9.35. The van der Waals surface area contributed by atoms with Crippen LogP contribution in [0.1, 0.15) is 12.0 Å². The standard InChI is InChI=1S/C23H24O6/c1-3-13-28-22(26)23(21(25)27-2)12-11-18(24)14-20(23)29-15-17-9-6-8-16-7-4-5-10-19(16)17/h3-12,18,20,24H,1,13-15H2,2H3/t18-,20+,23?/m1/s1. The van der Waals surface area contributed by atoms with Crippen LogP contribution in [0.3, 0.4) is 0 Å². The summed E-state index contributed by atoms with van der Waals surface area (Å²) in [5, 5.41) is 12.2.